The molecule has 0 spiro atoms. The predicted octanol–water partition coefficient (Wildman–Crippen LogP) is 1.71. The van der Waals surface area contributed by atoms with Crippen LogP contribution in [0.1, 0.15) is 23.7 Å². The number of hydrogen-bond acceptors (Lipinski definition) is 5. The maximum atomic E-state index is 11.8. The molecule has 1 rings (SSSR count). The topological polar surface area (TPSA) is 87.5 Å². The minimum absolute atomic E-state index is 0.0205. The van der Waals surface area contributed by atoms with Gasteiger partial charge in [0.1, 0.15) is 5.69 Å². The van der Waals surface area contributed by atoms with Gasteiger partial charge in [0.2, 0.25) is 0 Å². The number of hydrogen-bond donors (Lipinski definition) is 2. The van der Waals surface area contributed by atoms with Crippen molar-refractivity contribution in [2.75, 3.05) is 39.0 Å². The number of nitro benzene ring substituents is 1. The lowest BCUT2D eigenvalue weighted by Crippen LogP contribution is -2.23. The van der Waals surface area contributed by atoms with Crippen LogP contribution in [-0.4, -0.2) is 49.5 Å². The van der Waals surface area contributed by atoms with Gasteiger partial charge in [-0.1, -0.05) is 0 Å². The van der Waals surface area contributed by atoms with Crippen molar-refractivity contribution in [1.29, 1.82) is 0 Å². The van der Waals surface area contributed by atoms with Gasteiger partial charge in [-0.25, -0.2) is 0 Å². The van der Waals surface area contributed by atoms with Crippen LogP contribution in [0.25, 0.3) is 0 Å². The molecule has 7 heteroatoms. The Morgan fingerprint density at radius 1 is 1.38 bits per heavy atom. The Morgan fingerprint density at radius 3 is 2.67 bits per heavy atom. The average Bonchev–Trinajstić information content (AvgIpc) is 2.43. The summed E-state index contributed by atoms with van der Waals surface area (Å²) < 4.78 is 0. The zero-order chi connectivity index (χ0) is 15.8. The molecule has 0 aliphatic heterocycles. The van der Waals surface area contributed by atoms with E-state index in [0.717, 1.165) is 13.0 Å². The normalized spacial score (nSPS) is 10.5. The maximum Gasteiger partial charge on any atom is 0.292 e. The Morgan fingerprint density at radius 2 is 2.10 bits per heavy atom. The standard InChI is InChI=1S/C14H22N4O3/c1-4-15-14(19)11-6-7-13(18(20)21)12(10-11)16-8-5-9-17(2)3/h6-7,10,16H,4-5,8-9H2,1-3H3,(H,15,19). The first-order chi connectivity index (χ1) is 9.95. The Balaban J connectivity index is 2.83. The number of carbonyl (C=O) groups is 1. The number of benzene rings is 1. The van der Waals surface area contributed by atoms with Crippen LogP contribution in [0.2, 0.25) is 0 Å². The van der Waals surface area contributed by atoms with Crippen molar-refractivity contribution in [3.8, 4) is 0 Å². The lowest BCUT2D eigenvalue weighted by molar-refractivity contribution is -0.384. The van der Waals surface area contributed by atoms with E-state index in [9.17, 15) is 14.9 Å². The minimum Gasteiger partial charge on any atom is -0.379 e. The maximum absolute atomic E-state index is 11.8. The fourth-order valence-corrected chi connectivity index (χ4v) is 1.86. The lowest BCUT2D eigenvalue weighted by atomic mass is 10.1. The number of nitrogens with one attached hydrogen (secondary N) is 2. The first-order valence-corrected chi connectivity index (χ1v) is 6.91. The van der Waals surface area contributed by atoms with Gasteiger partial charge >= 0.3 is 0 Å². The Hall–Kier alpha value is -2.15. The van der Waals surface area contributed by atoms with Gasteiger partial charge in [-0.2, -0.15) is 0 Å². The van der Waals surface area contributed by atoms with Crippen molar-refractivity contribution in [2.45, 2.75) is 13.3 Å². The summed E-state index contributed by atoms with van der Waals surface area (Å²) in [7, 11) is 3.94. The summed E-state index contributed by atoms with van der Waals surface area (Å²) in [5, 5.41) is 16.7. The van der Waals surface area contributed by atoms with E-state index in [4.69, 9.17) is 0 Å². The van der Waals surface area contributed by atoms with Crippen LogP contribution >= 0.6 is 0 Å². The van der Waals surface area contributed by atoms with Crippen molar-refractivity contribution in [1.82, 2.24) is 10.2 Å². The van der Waals surface area contributed by atoms with Gasteiger partial charge < -0.3 is 15.5 Å². The summed E-state index contributed by atoms with van der Waals surface area (Å²) >= 11 is 0. The summed E-state index contributed by atoms with van der Waals surface area (Å²) in [6.45, 7) is 3.83. The molecule has 116 valence electrons. The van der Waals surface area contributed by atoms with Gasteiger partial charge in [-0.15, -0.1) is 0 Å². The van der Waals surface area contributed by atoms with Gasteiger partial charge in [0.05, 0.1) is 4.92 Å². The first kappa shape index (κ1) is 16.9. The quantitative estimate of drug-likeness (QED) is 0.433. The van der Waals surface area contributed by atoms with Crippen LogP contribution in [-0.2, 0) is 0 Å². The Labute approximate surface area is 124 Å². The number of nitro groups is 1. The third kappa shape index (κ3) is 5.39. The van der Waals surface area contributed by atoms with Crippen LogP contribution in [0.4, 0.5) is 11.4 Å². The molecule has 0 aromatic heterocycles. The minimum atomic E-state index is -0.449. The number of carbonyl (C=O) groups excluding carboxylic acids is 1. The van der Waals surface area contributed by atoms with E-state index < -0.39 is 4.92 Å². The van der Waals surface area contributed by atoms with Gasteiger partial charge in [-0.3, -0.25) is 14.9 Å². The Bertz CT molecular complexity index is 503. The molecule has 0 fully saturated rings. The van der Waals surface area contributed by atoms with E-state index in [1.54, 1.807) is 0 Å². The monoisotopic (exact) mass is 294 g/mol. The predicted molar refractivity (Wildman–Crippen MR) is 82.8 cm³/mol. The summed E-state index contributed by atoms with van der Waals surface area (Å²) in [5.74, 6) is -0.233. The van der Waals surface area contributed by atoms with Crippen LogP contribution in [0, 0.1) is 10.1 Å². The van der Waals surface area contributed by atoms with Crippen molar-refractivity contribution in [2.24, 2.45) is 0 Å². The van der Waals surface area contributed by atoms with E-state index in [1.165, 1.54) is 18.2 Å². The summed E-state index contributed by atoms with van der Waals surface area (Å²) in [4.78, 5) is 24.4. The zero-order valence-electron chi connectivity index (χ0n) is 12.7. The summed E-state index contributed by atoms with van der Waals surface area (Å²) in [6.07, 6.45) is 0.857. The lowest BCUT2D eigenvalue weighted by Gasteiger charge is -2.11. The molecule has 0 aliphatic rings. The molecule has 21 heavy (non-hydrogen) atoms. The number of rotatable bonds is 8. The van der Waals surface area contributed by atoms with Gasteiger partial charge in [0.15, 0.2) is 0 Å². The zero-order valence-corrected chi connectivity index (χ0v) is 12.7. The van der Waals surface area contributed by atoms with E-state index >= 15 is 0 Å². The molecule has 1 aromatic carbocycles. The van der Waals surface area contributed by atoms with Crippen molar-refractivity contribution >= 4 is 17.3 Å². The molecule has 0 radical (unpaired) electrons. The van der Waals surface area contributed by atoms with E-state index in [2.05, 4.69) is 10.6 Å². The third-order valence-electron chi connectivity index (χ3n) is 2.89. The highest BCUT2D eigenvalue weighted by Gasteiger charge is 2.16. The third-order valence-corrected chi connectivity index (χ3v) is 2.89. The second kappa shape index (κ2) is 8.21. The molecule has 0 saturated carbocycles. The molecule has 0 unspecified atom stereocenters. The molecule has 0 aliphatic carbocycles. The number of anilines is 1. The van der Waals surface area contributed by atoms with Crippen LogP contribution < -0.4 is 10.6 Å². The SMILES string of the molecule is CCNC(=O)c1ccc([N+](=O)[O-])c(NCCCN(C)C)c1. The molecular weight excluding hydrogens is 272 g/mol. The second-order valence-electron chi connectivity index (χ2n) is 4.93. The molecule has 0 saturated heterocycles. The van der Waals surface area contributed by atoms with E-state index in [-0.39, 0.29) is 11.6 Å². The Kier molecular flexibility index (Phi) is 6.61. The fourth-order valence-electron chi connectivity index (χ4n) is 1.86. The molecule has 0 bridgehead atoms. The molecule has 1 aromatic rings. The van der Waals surface area contributed by atoms with Gasteiger partial charge in [-0.05, 0) is 46.1 Å². The van der Waals surface area contributed by atoms with Crippen LogP contribution in [0.5, 0.6) is 0 Å². The highest BCUT2D eigenvalue weighted by atomic mass is 16.6. The summed E-state index contributed by atoms with van der Waals surface area (Å²) in [6, 6.07) is 4.35. The second-order valence-corrected chi connectivity index (χ2v) is 4.93. The largest absolute Gasteiger partial charge is 0.379 e. The fraction of sp³-hybridized carbons (Fsp3) is 0.500. The summed E-state index contributed by atoms with van der Waals surface area (Å²) in [5.41, 5.74) is 0.771. The van der Waals surface area contributed by atoms with Gasteiger partial charge in [0, 0.05) is 24.7 Å². The van der Waals surface area contributed by atoms with E-state index in [1.807, 2.05) is 25.9 Å². The van der Waals surface area contributed by atoms with Crippen molar-refractivity contribution in [3.63, 3.8) is 0 Å². The van der Waals surface area contributed by atoms with Gasteiger partial charge in [0.25, 0.3) is 11.6 Å². The molecular formula is C14H22N4O3. The molecule has 0 atom stereocenters. The number of nitrogens with zero attached hydrogens (tertiary/aromatic N) is 2. The highest BCUT2D eigenvalue weighted by Crippen LogP contribution is 2.25. The first-order valence-electron chi connectivity index (χ1n) is 6.91. The van der Waals surface area contributed by atoms with E-state index in [0.29, 0.717) is 24.3 Å². The highest BCUT2D eigenvalue weighted by molar-refractivity contribution is 5.95. The van der Waals surface area contributed by atoms with Crippen LogP contribution in [0.15, 0.2) is 18.2 Å². The molecule has 2 N–H and O–H groups in total. The average molecular weight is 294 g/mol. The molecule has 7 nitrogen and oxygen atoms in total. The number of amides is 1. The smallest absolute Gasteiger partial charge is 0.292 e. The van der Waals surface area contributed by atoms with Crippen molar-refractivity contribution in [3.05, 3.63) is 33.9 Å². The van der Waals surface area contributed by atoms with Crippen molar-refractivity contribution < 1.29 is 9.72 Å². The molecule has 1 amide bonds. The molecule has 0 heterocycles. The van der Waals surface area contributed by atoms with Crippen LogP contribution in [0.3, 0.4) is 0 Å².